The molecule has 0 saturated heterocycles. The number of benzene rings is 2. The van der Waals surface area contributed by atoms with Crippen LogP contribution in [0.25, 0.3) is 0 Å². The summed E-state index contributed by atoms with van der Waals surface area (Å²) in [5.41, 5.74) is 5.03. The Morgan fingerprint density at radius 2 is 1.71 bits per heavy atom. The molecule has 0 bridgehead atoms. The second-order valence-electron chi connectivity index (χ2n) is 9.43. The molecule has 0 aliphatic carbocycles. The van der Waals surface area contributed by atoms with E-state index in [1.807, 2.05) is 61.4 Å². The van der Waals surface area contributed by atoms with E-state index in [4.69, 9.17) is 4.99 Å². The zero-order chi connectivity index (χ0) is 25.1. The predicted molar refractivity (Wildman–Crippen MR) is 144 cm³/mol. The smallest absolute Gasteiger partial charge is 0.255 e. The minimum absolute atomic E-state index is 0.0523. The summed E-state index contributed by atoms with van der Waals surface area (Å²) in [6.07, 6.45) is 0.220. The molecule has 0 saturated carbocycles. The predicted octanol–water partition coefficient (Wildman–Crippen LogP) is 5.94. The summed E-state index contributed by atoms with van der Waals surface area (Å²) in [7, 11) is 0. The van der Waals surface area contributed by atoms with Crippen molar-refractivity contribution in [2.75, 3.05) is 5.32 Å². The maximum absolute atomic E-state index is 13.6. The van der Waals surface area contributed by atoms with Gasteiger partial charge in [-0.05, 0) is 55.4 Å². The third-order valence-electron chi connectivity index (χ3n) is 5.99. The van der Waals surface area contributed by atoms with E-state index in [0.717, 1.165) is 22.1 Å². The maximum atomic E-state index is 13.6. The van der Waals surface area contributed by atoms with Crippen molar-refractivity contribution >= 4 is 34.4 Å². The number of hydrogen-bond acceptors (Lipinski definition) is 5. The van der Waals surface area contributed by atoms with Gasteiger partial charge in [0, 0.05) is 17.4 Å². The lowest BCUT2D eigenvalue weighted by Gasteiger charge is -2.36. The number of para-hydroxylation sites is 1. The van der Waals surface area contributed by atoms with Crippen molar-refractivity contribution in [2.24, 2.45) is 4.99 Å². The standard InChI is InChI=1S/C28H32N4O2S/c1-17(2)20-11-13-21(14-12-20)26-25(27(34)31-22-9-7-6-8-10-22)19(5)30-28-32(26)23(16-35-28)15-24(33)29-18(3)4/h6-14,16-18,26H,15H2,1-5H3,(H,29,33)(H,31,34)/t26-/m0/s1. The fourth-order valence-corrected chi connectivity index (χ4v) is 5.26. The average Bonchev–Trinajstić information content (AvgIpc) is 3.20. The monoisotopic (exact) mass is 488 g/mol. The molecule has 1 atom stereocenters. The Balaban J connectivity index is 1.74. The van der Waals surface area contributed by atoms with Crippen LogP contribution < -0.4 is 10.6 Å². The first-order chi connectivity index (χ1) is 16.7. The Kier molecular flexibility index (Phi) is 7.45. The van der Waals surface area contributed by atoms with Crippen LogP contribution in [0.5, 0.6) is 0 Å². The van der Waals surface area contributed by atoms with Crippen LogP contribution in [-0.2, 0) is 9.59 Å². The molecule has 2 N–H and O–H groups in total. The highest BCUT2D eigenvalue weighted by Crippen LogP contribution is 2.45. The van der Waals surface area contributed by atoms with Crippen molar-refractivity contribution in [1.29, 1.82) is 0 Å². The number of amides is 2. The molecule has 2 aliphatic rings. The Morgan fingerprint density at radius 3 is 2.34 bits per heavy atom. The van der Waals surface area contributed by atoms with Gasteiger partial charge in [0.2, 0.25) is 5.91 Å². The number of aliphatic imine (C=N–C) groups is 1. The first-order valence-electron chi connectivity index (χ1n) is 11.9. The van der Waals surface area contributed by atoms with Crippen molar-refractivity contribution in [3.8, 4) is 0 Å². The molecule has 0 spiro atoms. The van der Waals surface area contributed by atoms with Gasteiger partial charge in [-0.2, -0.15) is 0 Å². The van der Waals surface area contributed by atoms with Gasteiger partial charge in [-0.15, -0.1) is 0 Å². The van der Waals surface area contributed by atoms with Crippen molar-refractivity contribution < 1.29 is 9.59 Å². The van der Waals surface area contributed by atoms with Crippen LogP contribution in [0, 0.1) is 0 Å². The molecule has 2 heterocycles. The van der Waals surface area contributed by atoms with Crippen molar-refractivity contribution in [2.45, 2.75) is 59.0 Å². The van der Waals surface area contributed by atoms with Crippen LogP contribution in [0.4, 0.5) is 5.69 Å². The quantitative estimate of drug-likeness (QED) is 0.506. The number of fused-ring (bicyclic) bond motifs is 1. The molecular weight excluding hydrogens is 456 g/mol. The van der Waals surface area contributed by atoms with Crippen LogP contribution >= 0.6 is 11.8 Å². The van der Waals surface area contributed by atoms with Crippen molar-refractivity contribution in [1.82, 2.24) is 10.2 Å². The summed E-state index contributed by atoms with van der Waals surface area (Å²) >= 11 is 1.49. The van der Waals surface area contributed by atoms with Crippen molar-refractivity contribution in [3.63, 3.8) is 0 Å². The van der Waals surface area contributed by atoms with Gasteiger partial charge in [0.05, 0.1) is 23.7 Å². The number of nitrogens with zero attached hydrogens (tertiary/aromatic N) is 2. The minimum Gasteiger partial charge on any atom is -0.354 e. The Labute approximate surface area is 211 Å². The molecule has 182 valence electrons. The second kappa shape index (κ2) is 10.5. The van der Waals surface area contributed by atoms with E-state index in [1.54, 1.807) is 0 Å². The Bertz CT molecular complexity index is 1200. The maximum Gasteiger partial charge on any atom is 0.255 e. The molecule has 35 heavy (non-hydrogen) atoms. The molecule has 0 radical (unpaired) electrons. The first kappa shape index (κ1) is 24.8. The van der Waals surface area contributed by atoms with Gasteiger partial charge in [0.25, 0.3) is 5.91 Å². The molecule has 0 unspecified atom stereocenters. The number of amidine groups is 1. The molecule has 0 aromatic heterocycles. The van der Waals surface area contributed by atoms with E-state index in [1.165, 1.54) is 17.3 Å². The number of rotatable bonds is 7. The van der Waals surface area contributed by atoms with Crippen LogP contribution in [-0.4, -0.2) is 27.9 Å². The van der Waals surface area contributed by atoms with Gasteiger partial charge in [-0.3, -0.25) is 9.59 Å². The molecule has 4 rings (SSSR count). The highest BCUT2D eigenvalue weighted by Gasteiger charge is 2.40. The summed E-state index contributed by atoms with van der Waals surface area (Å²) in [6.45, 7) is 10.1. The number of thioether (sulfide) groups is 1. The molecule has 0 fully saturated rings. The fourth-order valence-electron chi connectivity index (χ4n) is 4.30. The number of carbonyl (C=O) groups is 2. The highest BCUT2D eigenvalue weighted by atomic mass is 32.2. The van der Waals surface area contributed by atoms with Gasteiger partial charge in [0.15, 0.2) is 5.17 Å². The zero-order valence-corrected chi connectivity index (χ0v) is 21.6. The average molecular weight is 489 g/mol. The summed E-state index contributed by atoms with van der Waals surface area (Å²) in [6, 6.07) is 17.5. The zero-order valence-electron chi connectivity index (χ0n) is 20.8. The Hall–Kier alpha value is -3.32. The topological polar surface area (TPSA) is 73.8 Å². The molecule has 2 aliphatic heterocycles. The number of nitrogens with one attached hydrogen (secondary N) is 2. The Morgan fingerprint density at radius 1 is 1.03 bits per heavy atom. The van der Waals surface area contributed by atoms with E-state index in [0.29, 0.717) is 17.2 Å². The largest absolute Gasteiger partial charge is 0.354 e. The molecule has 2 amide bonds. The van der Waals surface area contributed by atoms with Gasteiger partial charge in [-0.1, -0.05) is 68.1 Å². The number of allylic oxidation sites excluding steroid dienone is 1. The third-order valence-corrected chi connectivity index (χ3v) is 6.88. The minimum atomic E-state index is -0.388. The third kappa shape index (κ3) is 5.51. The molecule has 2 aromatic carbocycles. The van der Waals surface area contributed by atoms with E-state index in [-0.39, 0.29) is 30.3 Å². The van der Waals surface area contributed by atoms with Crippen LogP contribution in [0.15, 0.2) is 82.0 Å². The van der Waals surface area contributed by atoms with E-state index >= 15 is 0 Å². The number of anilines is 1. The fraction of sp³-hybridized carbons (Fsp3) is 0.321. The van der Waals surface area contributed by atoms with Crippen LogP contribution in [0.3, 0.4) is 0 Å². The summed E-state index contributed by atoms with van der Waals surface area (Å²) in [5, 5.41) is 8.76. The lowest BCUT2D eigenvalue weighted by molar-refractivity contribution is -0.121. The van der Waals surface area contributed by atoms with Gasteiger partial charge < -0.3 is 15.5 Å². The summed E-state index contributed by atoms with van der Waals surface area (Å²) in [4.78, 5) is 33.1. The summed E-state index contributed by atoms with van der Waals surface area (Å²) < 4.78 is 0. The molecular formula is C28H32N4O2S. The first-order valence-corrected chi connectivity index (χ1v) is 12.8. The summed E-state index contributed by atoms with van der Waals surface area (Å²) in [5.74, 6) is 0.157. The van der Waals surface area contributed by atoms with Gasteiger partial charge in [0.1, 0.15) is 0 Å². The number of carbonyl (C=O) groups excluding carboxylic acids is 2. The van der Waals surface area contributed by atoms with Gasteiger partial charge in [-0.25, -0.2) is 4.99 Å². The normalized spacial score (nSPS) is 17.3. The van der Waals surface area contributed by atoms with Crippen LogP contribution in [0.2, 0.25) is 0 Å². The highest BCUT2D eigenvalue weighted by molar-refractivity contribution is 8.16. The molecule has 7 heteroatoms. The van der Waals surface area contributed by atoms with E-state index in [2.05, 4.69) is 48.7 Å². The SMILES string of the molecule is CC1=C(C(=O)Nc2ccccc2)[C@H](c2ccc(C(C)C)cc2)N2C(CC(=O)NC(C)C)=CSC2=N1. The van der Waals surface area contributed by atoms with Crippen molar-refractivity contribution in [3.05, 3.63) is 88.1 Å². The van der Waals surface area contributed by atoms with Gasteiger partial charge >= 0.3 is 0 Å². The number of hydrogen-bond donors (Lipinski definition) is 2. The lowest BCUT2D eigenvalue weighted by atomic mass is 9.91. The van der Waals surface area contributed by atoms with Crippen LogP contribution in [0.1, 0.15) is 64.1 Å². The second-order valence-corrected chi connectivity index (χ2v) is 10.3. The van der Waals surface area contributed by atoms with E-state index in [9.17, 15) is 9.59 Å². The van der Waals surface area contributed by atoms with E-state index < -0.39 is 0 Å². The molecule has 2 aromatic rings. The lowest BCUT2D eigenvalue weighted by Crippen LogP contribution is -2.39. The molecule has 6 nitrogen and oxygen atoms in total.